The van der Waals surface area contributed by atoms with Crippen molar-refractivity contribution < 1.29 is 13.2 Å². The van der Waals surface area contributed by atoms with Gasteiger partial charge in [-0.1, -0.05) is 45.7 Å². The molecule has 0 saturated carbocycles. The average Bonchev–Trinajstić information content (AvgIpc) is 2.42. The van der Waals surface area contributed by atoms with E-state index in [4.69, 9.17) is 0 Å². The fraction of sp³-hybridized carbons (Fsp3) is 0.625. The minimum Gasteiger partial charge on any atom is -0.310 e. The van der Waals surface area contributed by atoms with E-state index in [-0.39, 0.29) is 6.04 Å². The Morgan fingerprint density at radius 2 is 1.55 bits per heavy atom. The highest BCUT2D eigenvalue weighted by molar-refractivity contribution is 5.26. The maximum atomic E-state index is 12.6. The molecule has 1 rings (SSSR count). The molecule has 0 aliphatic carbocycles. The second-order valence-electron chi connectivity index (χ2n) is 5.15. The lowest BCUT2D eigenvalue weighted by molar-refractivity contribution is -0.137. The molecule has 0 heterocycles. The first-order valence-corrected chi connectivity index (χ1v) is 7.32. The van der Waals surface area contributed by atoms with Gasteiger partial charge in [0.1, 0.15) is 0 Å². The van der Waals surface area contributed by atoms with Crippen LogP contribution in [0.2, 0.25) is 0 Å². The minimum absolute atomic E-state index is 0.132. The van der Waals surface area contributed by atoms with Gasteiger partial charge in [-0.05, 0) is 36.6 Å². The molecule has 0 amide bonds. The zero-order chi connectivity index (χ0) is 15.2. The van der Waals surface area contributed by atoms with Crippen molar-refractivity contribution >= 4 is 0 Å². The number of nitrogens with one attached hydrogen (secondary N) is 1. The molecule has 1 nitrogen and oxygen atoms in total. The number of rotatable bonds is 7. The molecule has 0 aliphatic heterocycles. The van der Waals surface area contributed by atoms with Crippen LogP contribution in [0.25, 0.3) is 0 Å². The van der Waals surface area contributed by atoms with E-state index in [1.165, 1.54) is 12.1 Å². The van der Waals surface area contributed by atoms with E-state index < -0.39 is 11.7 Å². The SMILES string of the molecule is CCNC(CC(CC)CC)c1ccc(C(F)(F)F)cc1. The predicted molar refractivity (Wildman–Crippen MR) is 76.6 cm³/mol. The van der Waals surface area contributed by atoms with Crippen molar-refractivity contribution in [3.63, 3.8) is 0 Å². The van der Waals surface area contributed by atoms with E-state index in [0.29, 0.717) is 5.92 Å². The molecule has 1 aromatic carbocycles. The van der Waals surface area contributed by atoms with Crippen LogP contribution in [0.3, 0.4) is 0 Å². The number of hydrogen-bond donors (Lipinski definition) is 1. The van der Waals surface area contributed by atoms with Gasteiger partial charge in [-0.25, -0.2) is 0 Å². The first-order valence-electron chi connectivity index (χ1n) is 7.32. The Morgan fingerprint density at radius 3 is 1.95 bits per heavy atom. The Bertz CT molecular complexity index is 380. The Kier molecular flexibility index (Phi) is 6.53. The zero-order valence-corrected chi connectivity index (χ0v) is 12.4. The third-order valence-electron chi connectivity index (χ3n) is 3.81. The molecule has 0 aromatic heterocycles. The first-order chi connectivity index (χ1) is 9.42. The van der Waals surface area contributed by atoms with Crippen LogP contribution in [0, 0.1) is 5.92 Å². The molecule has 0 aliphatic rings. The molecular formula is C16H24F3N. The van der Waals surface area contributed by atoms with Crippen molar-refractivity contribution in [1.29, 1.82) is 0 Å². The summed E-state index contributed by atoms with van der Waals surface area (Å²) in [5.41, 5.74) is 0.353. The molecule has 114 valence electrons. The van der Waals surface area contributed by atoms with Gasteiger partial charge in [-0.3, -0.25) is 0 Å². The largest absolute Gasteiger partial charge is 0.416 e. The lowest BCUT2D eigenvalue weighted by atomic mass is 9.90. The maximum absolute atomic E-state index is 12.6. The van der Waals surface area contributed by atoms with E-state index >= 15 is 0 Å². The summed E-state index contributed by atoms with van der Waals surface area (Å²) < 4.78 is 37.7. The van der Waals surface area contributed by atoms with Gasteiger partial charge in [-0.2, -0.15) is 13.2 Å². The molecule has 1 atom stereocenters. The first kappa shape index (κ1) is 17.0. The summed E-state index contributed by atoms with van der Waals surface area (Å²) in [6, 6.07) is 5.67. The Balaban J connectivity index is 2.86. The quantitative estimate of drug-likeness (QED) is 0.728. The second kappa shape index (κ2) is 7.67. The van der Waals surface area contributed by atoms with Crippen molar-refractivity contribution in [2.45, 2.75) is 52.3 Å². The lowest BCUT2D eigenvalue weighted by Gasteiger charge is -2.23. The molecule has 4 heteroatoms. The summed E-state index contributed by atoms with van der Waals surface area (Å²) in [7, 11) is 0. The van der Waals surface area contributed by atoms with Gasteiger partial charge in [0.25, 0.3) is 0 Å². The van der Waals surface area contributed by atoms with Gasteiger partial charge in [0, 0.05) is 6.04 Å². The summed E-state index contributed by atoms with van der Waals surface area (Å²) in [6.07, 6.45) is -1.11. The second-order valence-corrected chi connectivity index (χ2v) is 5.15. The van der Waals surface area contributed by atoms with Crippen LogP contribution in [-0.2, 0) is 6.18 Å². The van der Waals surface area contributed by atoms with Crippen molar-refractivity contribution in [2.75, 3.05) is 6.54 Å². The molecule has 1 N–H and O–H groups in total. The van der Waals surface area contributed by atoms with Crippen molar-refractivity contribution in [3.8, 4) is 0 Å². The predicted octanol–water partition coefficient (Wildman–Crippen LogP) is 5.18. The highest BCUT2D eigenvalue weighted by Gasteiger charge is 2.30. The minimum atomic E-state index is -4.26. The van der Waals surface area contributed by atoms with Gasteiger partial charge >= 0.3 is 6.18 Å². The van der Waals surface area contributed by atoms with Gasteiger partial charge in [0.05, 0.1) is 5.56 Å². The molecule has 0 bridgehead atoms. The van der Waals surface area contributed by atoms with Crippen LogP contribution in [0.1, 0.15) is 57.2 Å². The van der Waals surface area contributed by atoms with E-state index in [1.807, 2.05) is 6.92 Å². The summed E-state index contributed by atoms with van der Waals surface area (Å²) in [5, 5.41) is 3.37. The number of alkyl halides is 3. The molecule has 0 fully saturated rings. The third kappa shape index (κ3) is 4.82. The molecule has 20 heavy (non-hydrogen) atoms. The van der Waals surface area contributed by atoms with Gasteiger partial charge < -0.3 is 5.32 Å². The van der Waals surface area contributed by atoms with E-state index in [9.17, 15) is 13.2 Å². The van der Waals surface area contributed by atoms with Crippen LogP contribution in [0.15, 0.2) is 24.3 Å². The number of halogens is 3. The third-order valence-corrected chi connectivity index (χ3v) is 3.81. The van der Waals surface area contributed by atoms with Crippen molar-refractivity contribution in [3.05, 3.63) is 35.4 Å². The summed E-state index contributed by atoms with van der Waals surface area (Å²) in [5.74, 6) is 0.598. The van der Waals surface area contributed by atoms with Gasteiger partial charge in [-0.15, -0.1) is 0 Å². The van der Waals surface area contributed by atoms with Crippen LogP contribution in [0.5, 0.6) is 0 Å². The average molecular weight is 287 g/mol. The summed E-state index contributed by atoms with van der Waals surface area (Å²) >= 11 is 0. The van der Waals surface area contributed by atoms with Crippen molar-refractivity contribution in [1.82, 2.24) is 5.32 Å². The normalized spacial score (nSPS) is 13.8. The fourth-order valence-corrected chi connectivity index (χ4v) is 2.44. The molecule has 0 saturated heterocycles. The Labute approximate surface area is 119 Å². The number of hydrogen-bond acceptors (Lipinski definition) is 1. The Morgan fingerprint density at radius 1 is 1.00 bits per heavy atom. The highest BCUT2D eigenvalue weighted by atomic mass is 19.4. The van der Waals surface area contributed by atoms with Crippen LogP contribution in [-0.4, -0.2) is 6.54 Å². The lowest BCUT2D eigenvalue weighted by Crippen LogP contribution is -2.23. The molecule has 0 spiro atoms. The fourth-order valence-electron chi connectivity index (χ4n) is 2.44. The standard InChI is InChI=1S/C16H24F3N/c1-4-12(5-2)11-15(20-6-3)13-7-9-14(10-8-13)16(17,18)19/h7-10,12,15,20H,4-6,11H2,1-3H3. The smallest absolute Gasteiger partial charge is 0.310 e. The molecule has 1 aromatic rings. The van der Waals surface area contributed by atoms with Crippen LogP contribution >= 0.6 is 0 Å². The Hall–Kier alpha value is -1.03. The van der Waals surface area contributed by atoms with E-state index in [1.54, 1.807) is 12.1 Å². The van der Waals surface area contributed by atoms with Crippen molar-refractivity contribution in [2.24, 2.45) is 5.92 Å². The topological polar surface area (TPSA) is 12.0 Å². The van der Waals surface area contributed by atoms with E-state index in [0.717, 1.165) is 31.4 Å². The molecule has 0 radical (unpaired) electrons. The molecule has 1 unspecified atom stereocenters. The summed E-state index contributed by atoms with van der Waals surface area (Å²) in [6.45, 7) is 7.14. The zero-order valence-electron chi connectivity index (χ0n) is 12.4. The van der Waals surface area contributed by atoms with Crippen LogP contribution in [0.4, 0.5) is 13.2 Å². The van der Waals surface area contributed by atoms with Crippen LogP contribution < -0.4 is 5.32 Å². The summed E-state index contributed by atoms with van der Waals surface area (Å²) in [4.78, 5) is 0. The number of benzene rings is 1. The van der Waals surface area contributed by atoms with E-state index in [2.05, 4.69) is 19.2 Å². The van der Waals surface area contributed by atoms with Gasteiger partial charge in [0.2, 0.25) is 0 Å². The molecular weight excluding hydrogens is 263 g/mol. The highest BCUT2D eigenvalue weighted by Crippen LogP contribution is 2.31. The maximum Gasteiger partial charge on any atom is 0.416 e. The monoisotopic (exact) mass is 287 g/mol. The van der Waals surface area contributed by atoms with Gasteiger partial charge in [0.15, 0.2) is 0 Å².